The van der Waals surface area contributed by atoms with Crippen LogP contribution >= 0.6 is 0 Å². The van der Waals surface area contributed by atoms with E-state index in [1.807, 2.05) is 13.8 Å². The Morgan fingerprint density at radius 3 is 1.78 bits per heavy atom. The molecule has 0 unspecified atom stereocenters. The average Bonchev–Trinajstić information content (AvgIpc) is 1.88. The van der Waals surface area contributed by atoms with Gasteiger partial charge < -0.3 is 5.73 Å². The largest absolute Gasteiger partial charge is 0.325 e. The van der Waals surface area contributed by atoms with Gasteiger partial charge in [-0.15, -0.1) is 0 Å². The maximum atomic E-state index is 5.80. The Hall–Kier alpha value is -0.0400. The van der Waals surface area contributed by atoms with E-state index in [1.54, 1.807) is 0 Å². The van der Waals surface area contributed by atoms with E-state index >= 15 is 0 Å². The first kappa shape index (κ1) is 8.96. The first-order valence-corrected chi connectivity index (χ1v) is 4.06. The molecule has 1 aliphatic rings. The molecule has 0 aromatic rings. The summed E-state index contributed by atoms with van der Waals surface area (Å²) in [4.78, 5) is 0. The molecule has 1 heteroatoms. The molecule has 0 spiro atoms. The van der Waals surface area contributed by atoms with Crippen LogP contribution in [0.25, 0.3) is 0 Å². The van der Waals surface area contributed by atoms with E-state index < -0.39 is 0 Å². The monoisotopic (exact) mass is 129 g/mol. The van der Waals surface area contributed by atoms with E-state index in [-0.39, 0.29) is 5.54 Å². The lowest BCUT2D eigenvalue weighted by atomic mass is 9.76. The first-order chi connectivity index (χ1) is 4.27. The Morgan fingerprint density at radius 1 is 1.33 bits per heavy atom. The van der Waals surface area contributed by atoms with Gasteiger partial charge >= 0.3 is 0 Å². The maximum Gasteiger partial charge on any atom is 0.0151 e. The van der Waals surface area contributed by atoms with Crippen LogP contribution in [0.3, 0.4) is 0 Å². The van der Waals surface area contributed by atoms with Crippen LogP contribution in [-0.2, 0) is 0 Å². The van der Waals surface area contributed by atoms with Gasteiger partial charge in [-0.25, -0.2) is 0 Å². The van der Waals surface area contributed by atoms with E-state index in [4.69, 9.17) is 5.73 Å². The van der Waals surface area contributed by atoms with Gasteiger partial charge in [0.2, 0.25) is 0 Å². The fraction of sp³-hybridized carbons (Fsp3) is 1.00. The molecule has 9 heavy (non-hydrogen) atoms. The Morgan fingerprint density at radius 2 is 1.78 bits per heavy atom. The highest BCUT2D eigenvalue weighted by molar-refractivity contribution is 4.90. The summed E-state index contributed by atoms with van der Waals surface area (Å²) in [6.45, 7) is 6.17. The predicted molar refractivity (Wildman–Crippen MR) is 42.4 cm³/mol. The van der Waals surface area contributed by atoms with Gasteiger partial charge in [-0.1, -0.05) is 20.8 Å². The molecule has 0 bridgehead atoms. The van der Waals surface area contributed by atoms with Crippen LogP contribution < -0.4 is 5.73 Å². The van der Waals surface area contributed by atoms with Gasteiger partial charge in [-0.05, 0) is 25.7 Å². The molecule has 1 saturated carbocycles. The summed E-state index contributed by atoms with van der Waals surface area (Å²) in [5.41, 5.74) is 6.07. The van der Waals surface area contributed by atoms with Crippen molar-refractivity contribution in [2.45, 2.75) is 52.0 Å². The highest BCUT2D eigenvalue weighted by atomic mass is 14.8. The van der Waals surface area contributed by atoms with E-state index in [2.05, 4.69) is 6.92 Å². The Balaban J connectivity index is 0.000000291. The lowest BCUT2D eigenvalue weighted by Gasteiger charge is -2.36. The van der Waals surface area contributed by atoms with E-state index in [1.165, 1.54) is 19.3 Å². The summed E-state index contributed by atoms with van der Waals surface area (Å²) in [5.74, 6) is 0. The van der Waals surface area contributed by atoms with Gasteiger partial charge in [0, 0.05) is 5.54 Å². The Kier molecular flexibility index (Phi) is 3.87. The van der Waals surface area contributed by atoms with Gasteiger partial charge in [0.05, 0.1) is 0 Å². The molecule has 0 aromatic heterocycles. The van der Waals surface area contributed by atoms with E-state index in [0.717, 1.165) is 6.42 Å². The summed E-state index contributed by atoms with van der Waals surface area (Å²) in [6.07, 6.45) is 5.02. The van der Waals surface area contributed by atoms with Gasteiger partial charge in [-0.2, -0.15) is 0 Å². The van der Waals surface area contributed by atoms with Crippen LogP contribution in [0.2, 0.25) is 0 Å². The summed E-state index contributed by atoms with van der Waals surface area (Å²) < 4.78 is 0. The van der Waals surface area contributed by atoms with Crippen molar-refractivity contribution in [1.82, 2.24) is 0 Å². The van der Waals surface area contributed by atoms with E-state index in [0.29, 0.717) is 0 Å². The third-order valence-corrected chi connectivity index (χ3v) is 2.05. The van der Waals surface area contributed by atoms with Crippen molar-refractivity contribution in [3.63, 3.8) is 0 Å². The topological polar surface area (TPSA) is 26.0 Å². The molecule has 1 aliphatic carbocycles. The standard InChI is InChI=1S/C6H13N.C2H6/c1-2-6(7)4-3-5-6;1-2/h2-5,7H2,1H3;1-2H3. The quantitative estimate of drug-likeness (QED) is 0.577. The number of nitrogens with two attached hydrogens (primary N) is 1. The molecule has 0 radical (unpaired) electrons. The second kappa shape index (κ2) is 3.89. The van der Waals surface area contributed by atoms with Crippen molar-refractivity contribution in [3.05, 3.63) is 0 Å². The molecule has 0 saturated heterocycles. The van der Waals surface area contributed by atoms with Crippen molar-refractivity contribution in [3.8, 4) is 0 Å². The summed E-state index contributed by atoms with van der Waals surface area (Å²) in [7, 11) is 0. The van der Waals surface area contributed by atoms with Crippen molar-refractivity contribution < 1.29 is 0 Å². The number of hydrogen-bond acceptors (Lipinski definition) is 1. The molecule has 1 fully saturated rings. The molecule has 0 heterocycles. The SMILES string of the molecule is CC.CCC1(N)CCC1. The van der Waals surface area contributed by atoms with Crippen LogP contribution in [-0.4, -0.2) is 5.54 Å². The van der Waals surface area contributed by atoms with Crippen LogP contribution in [0.1, 0.15) is 46.5 Å². The third-order valence-electron chi connectivity index (χ3n) is 2.05. The minimum Gasteiger partial charge on any atom is -0.325 e. The van der Waals surface area contributed by atoms with Crippen LogP contribution in [0.4, 0.5) is 0 Å². The van der Waals surface area contributed by atoms with Crippen LogP contribution in [0, 0.1) is 0 Å². The zero-order valence-electron chi connectivity index (χ0n) is 6.91. The summed E-state index contributed by atoms with van der Waals surface area (Å²) in [6, 6.07) is 0. The number of hydrogen-bond donors (Lipinski definition) is 1. The molecule has 0 aromatic carbocycles. The highest BCUT2D eigenvalue weighted by Crippen LogP contribution is 2.31. The minimum atomic E-state index is 0.264. The summed E-state index contributed by atoms with van der Waals surface area (Å²) >= 11 is 0. The van der Waals surface area contributed by atoms with Crippen molar-refractivity contribution >= 4 is 0 Å². The van der Waals surface area contributed by atoms with Crippen LogP contribution in [0.5, 0.6) is 0 Å². The minimum absolute atomic E-state index is 0.264. The summed E-state index contributed by atoms with van der Waals surface area (Å²) in [5, 5.41) is 0. The lowest BCUT2D eigenvalue weighted by molar-refractivity contribution is 0.241. The van der Waals surface area contributed by atoms with Gasteiger partial charge in [0.1, 0.15) is 0 Å². The molecule has 0 amide bonds. The van der Waals surface area contributed by atoms with Crippen molar-refractivity contribution in [1.29, 1.82) is 0 Å². The molecule has 1 rings (SSSR count). The second-order valence-electron chi connectivity index (χ2n) is 2.57. The number of rotatable bonds is 1. The van der Waals surface area contributed by atoms with Gasteiger partial charge in [-0.3, -0.25) is 0 Å². The molecular weight excluding hydrogens is 110 g/mol. The molecule has 0 atom stereocenters. The second-order valence-corrected chi connectivity index (χ2v) is 2.57. The molecule has 1 nitrogen and oxygen atoms in total. The van der Waals surface area contributed by atoms with Gasteiger partial charge in [0.25, 0.3) is 0 Å². The molecule has 56 valence electrons. The van der Waals surface area contributed by atoms with Crippen LogP contribution in [0.15, 0.2) is 0 Å². The third kappa shape index (κ3) is 2.35. The van der Waals surface area contributed by atoms with Crippen molar-refractivity contribution in [2.75, 3.05) is 0 Å². The smallest absolute Gasteiger partial charge is 0.0151 e. The maximum absolute atomic E-state index is 5.80. The molecular formula is C8H19N. The van der Waals surface area contributed by atoms with E-state index in [9.17, 15) is 0 Å². The fourth-order valence-corrected chi connectivity index (χ4v) is 0.984. The highest BCUT2D eigenvalue weighted by Gasteiger charge is 2.29. The lowest BCUT2D eigenvalue weighted by Crippen LogP contribution is -2.45. The fourth-order valence-electron chi connectivity index (χ4n) is 0.984. The normalized spacial score (nSPS) is 21.3. The van der Waals surface area contributed by atoms with Crippen molar-refractivity contribution in [2.24, 2.45) is 5.73 Å². The average molecular weight is 129 g/mol. The van der Waals surface area contributed by atoms with Gasteiger partial charge in [0.15, 0.2) is 0 Å². The Labute approximate surface area is 58.6 Å². The first-order valence-electron chi connectivity index (χ1n) is 4.06. The zero-order chi connectivity index (χ0) is 7.33. The predicted octanol–water partition coefficient (Wildman–Crippen LogP) is 2.30. The molecule has 0 aliphatic heterocycles. The molecule has 2 N–H and O–H groups in total. The zero-order valence-corrected chi connectivity index (χ0v) is 6.91. The Bertz CT molecular complexity index is 59.5.